The summed E-state index contributed by atoms with van der Waals surface area (Å²) in [6, 6.07) is 9.92. The van der Waals surface area contributed by atoms with Crippen molar-refractivity contribution in [1.82, 2.24) is 4.31 Å². The lowest BCUT2D eigenvalue weighted by molar-refractivity contribution is 0.0600. The Morgan fingerprint density at radius 2 is 1.83 bits per heavy atom. The van der Waals surface area contributed by atoms with Crippen molar-refractivity contribution < 1.29 is 22.3 Å². The minimum Gasteiger partial charge on any atom is -0.465 e. The van der Waals surface area contributed by atoms with Crippen LogP contribution < -0.4 is 0 Å². The number of hydrogen-bond acceptors (Lipinski definition) is 4. The van der Waals surface area contributed by atoms with Crippen LogP contribution in [0, 0.1) is 5.82 Å². The Bertz CT molecular complexity index is 878. The smallest absolute Gasteiger partial charge is 0.337 e. The summed E-state index contributed by atoms with van der Waals surface area (Å²) >= 11 is 0. The van der Waals surface area contributed by atoms with Gasteiger partial charge in [-0.1, -0.05) is 6.07 Å². The number of ether oxygens (including phenoxy) is 1. The van der Waals surface area contributed by atoms with Crippen LogP contribution in [0.1, 0.15) is 21.5 Å². The maximum Gasteiger partial charge on any atom is 0.337 e. The first kappa shape index (κ1) is 16.6. The van der Waals surface area contributed by atoms with Crippen LogP contribution in [0.15, 0.2) is 47.4 Å². The highest BCUT2D eigenvalue weighted by Crippen LogP contribution is 2.26. The van der Waals surface area contributed by atoms with E-state index in [1.807, 2.05) is 6.07 Å². The summed E-state index contributed by atoms with van der Waals surface area (Å²) in [4.78, 5) is 11.7. The van der Waals surface area contributed by atoms with Gasteiger partial charge in [0.2, 0.25) is 10.0 Å². The van der Waals surface area contributed by atoms with Gasteiger partial charge in [0, 0.05) is 13.1 Å². The van der Waals surface area contributed by atoms with Crippen LogP contribution >= 0.6 is 0 Å². The normalized spacial score (nSPS) is 14.9. The zero-order valence-electron chi connectivity index (χ0n) is 13.0. The maximum atomic E-state index is 13.0. The summed E-state index contributed by atoms with van der Waals surface area (Å²) in [6.45, 7) is 0.504. The molecule has 0 N–H and O–H groups in total. The number of methoxy groups -OCH3 is 1. The zero-order valence-corrected chi connectivity index (χ0v) is 13.8. The molecule has 0 saturated heterocycles. The number of nitrogens with zero attached hydrogens (tertiary/aromatic N) is 1. The number of hydrogen-bond donors (Lipinski definition) is 0. The van der Waals surface area contributed by atoms with Crippen LogP contribution in [0.4, 0.5) is 4.39 Å². The Labute approximate surface area is 139 Å². The molecular formula is C17H16FNO4S. The van der Waals surface area contributed by atoms with Gasteiger partial charge in [0.15, 0.2) is 0 Å². The van der Waals surface area contributed by atoms with Gasteiger partial charge in [-0.25, -0.2) is 17.6 Å². The minimum absolute atomic E-state index is 0.0523. The second kappa shape index (κ2) is 6.33. The lowest BCUT2D eigenvalue weighted by atomic mass is 9.98. The molecule has 0 radical (unpaired) electrons. The molecule has 5 nitrogen and oxygen atoms in total. The standard InChI is InChI=1S/C17H16FNO4S/c1-23-17(20)13-3-2-12-8-9-19(11-14(12)10-13)24(21,22)16-6-4-15(18)5-7-16/h2-7,10H,8-9,11H2,1H3. The van der Waals surface area contributed by atoms with Crippen LogP contribution in [0.3, 0.4) is 0 Å². The van der Waals surface area contributed by atoms with E-state index in [-0.39, 0.29) is 11.4 Å². The van der Waals surface area contributed by atoms with E-state index in [0.29, 0.717) is 18.5 Å². The molecule has 0 amide bonds. The number of sulfonamides is 1. The molecule has 0 saturated carbocycles. The van der Waals surface area contributed by atoms with E-state index in [1.54, 1.807) is 12.1 Å². The van der Waals surface area contributed by atoms with Crippen LogP contribution in [0.2, 0.25) is 0 Å². The largest absolute Gasteiger partial charge is 0.465 e. The van der Waals surface area contributed by atoms with Crippen molar-refractivity contribution in [1.29, 1.82) is 0 Å². The SMILES string of the molecule is COC(=O)c1ccc2c(c1)CN(S(=O)(=O)c1ccc(F)cc1)CC2. The van der Waals surface area contributed by atoms with E-state index >= 15 is 0 Å². The van der Waals surface area contributed by atoms with Gasteiger partial charge in [0.1, 0.15) is 5.82 Å². The highest BCUT2D eigenvalue weighted by atomic mass is 32.2. The predicted octanol–water partition coefficient (Wildman–Crippen LogP) is 2.36. The molecule has 0 fully saturated rings. The average Bonchev–Trinajstić information content (AvgIpc) is 2.60. The van der Waals surface area contributed by atoms with Gasteiger partial charge in [-0.3, -0.25) is 0 Å². The number of halogens is 1. The fraction of sp³-hybridized carbons (Fsp3) is 0.235. The molecule has 0 bridgehead atoms. The molecule has 0 spiro atoms. The van der Waals surface area contributed by atoms with Crippen molar-refractivity contribution in [2.24, 2.45) is 0 Å². The second-order valence-electron chi connectivity index (χ2n) is 5.52. The average molecular weight is 349 g/mol. The highest BCUT2D eigenvalue weighted by Gasteiger charge is 2.28. The number of esters is 1. The molecule has 126 valence electrons. The van der Waals surface area contributed by atoms with Crippen molar-refractivity contribution in [2.45, 2.75) is 17.9 Å². The van der Waals surface area contributed by atoms with E-state index < -0.39 is 21.8 Å². The van der Waals surface area contributed by atoms with Crippen molar-refractivity contribution in [2.75, 3.05) is 13.7 Å². The summed E-state index contributed by atoms with van der Waals surface area (Å²) in [6.07, 6.45) is 0.553. The Hall–Kier alpha value is -2.25. The molecule has 24 heavy (non-hydrogen) atoms. The van der Waals surface area contributed by atoms with Gasteiger partial charge in [0.25, 0.3) is 0 Å². The molecule has 3 rings (SSSR count). The first-order valence-electron chi connectivity index (χ1n) is 7.37. The van der Waals surface area contributed by atoms with Crippen molar-refractivity contribution >= 4 is 16.0 Å². The third-order valence-electron chi connectivity index (χ3n) is 4.06. The fourth-order valence-corrected chi connectivity index (χ4v) is 4.16. The third-order valence-corrected chi connectivity index (χ3v) is 5.92. The Morgan fingerprint density at radius 1 is 1.12 bits per heavy atom. The summed E-state index contributed by atoms with van der Waals surface area (Å²) in [5.41, 5.74) is 2.17. The Kier molecular flexibility index (Phi) is 4.38. The van der Waals surface area contributed by atoms with Crippen LogP contribution in [0.5, 0.6) is 0 Å². The van der Waals surface area contributed by atoms with Gasteiger partial charge in [-0.05, 0) is 53.9 Å². The maximum absolute atomic E-state index is 13.0. The number of benzene rings is 2. The fourth-order valence-electron chi connectivity index (χ4n) is 2.74. The molecule has 7 heteroatoms. The second-order valence-corrected chi connectivity index (χ2v) is 7.46. The number of carbonyl (C=O) groups excluding carboxylic acids is 1. The van der Waals surface area contributed by atoms with Crippen LogP contribution in [-0.2, 0) is 27.7 Å². The molecule has 0 unspecified atom stereocenters. The third kappa shape index (κ3) is 3.05. The summed E-state index contributed by atoms with van der Waals surface area (Å²) in [5, 5.41) is 0. The van der Waals surface area contributed by atoms with E-state index in [2.05, 4.69) is 0 Å². The van der Waals surface area contributed by atoms with E-state index in [9.17, 15) is 17.6 Å². The van der Waals surface area contributed by atoms with Gasteiger partial charge < -0.3 is 4.74 Å². The lowest BCUT2D eigenvalue weighted by Gasteiger charge is -2.28. The summed E-state index contributed by atoms with van der Waals surface area (Å²) in [5.74, 6) is -0.947. The monoisotopic (exact) mass is 349 g/mol. The molecule has 1 aliphatic heterocycles. The van der Waals surface area contributed by atoms with Gasteiger partial charge >= 0.3 is 5.97 Å². The molecule has 0 aliphatic carbocycles. The Balaban J connectivity index is 1.91. The minimum atomic E-state index is -3.71. The van der Waals surface area contributed by atoms with Gasteiger partial charge in [0.05, 0.1) is 17.6 Å². The van der Waals surface area contributed by atoms with Gasteiger partial charge in [-0.15, -0.1) is 0 Å². The number of fused-ring (bicyclic) bond motifs is 1. The first-order valence-corrected chi connectivity index (χ1v) is 8.81. The molecule has 2 aromatic carbocycles. The van der Waals surface area contributed by atoms with Crippen molar-refractivity contribution in [3.05, 3.63) is 65.0 Å². The van der Waals surface area contributed by atoms with Gasteiger partial charge in [-0.2, -0.15) is 4.31 Å². The van der Waals surface area contributed by atoms with Crippen LogP contribution in [-0.4, -0.2) is 32.3 Å². The summed E-state index contributed by atoms with van der Waals surface area (Å²) in [7, 11) is -2.41. The molecule has 0 atom stereocenters. The van der Waals surface area contributed by atoms with Crippen molar-refractivity contribution in [3.8, 4) is 0 Å². The van der Waals surface area contributed by atoms with E-state index in [1.165, 1.54) is 23.5 Å². The summed E-state index contributed by atoms with van der Waals surface area (Å²) < 4.78 is 44.4. The molecule has 2 aromatic rings. The van der Waals surface area contributed by atoms with Crippen molar-refractivity contribution in [3.63, 3.8) is 0 Å². The zero-order chi connectivity index (χ0) is 17.3. The highest BCUT2D eigenvalue weighted by molar-refractivity contribution is 7.89. The quantitative estimate of drug-likeness (QED) is 0.798. The molecule has 0 aromatic heterocycles. The number of rotatable bonds is 3. The predicted molar refractivity (Wildman–Crippen MR) is 85.5 cm³/mol. The molecule has 1 heterocycles. The topological polar surface area (TPSA) is 63.7 Å². The van der Waals surface area contributed by atoms with E-state index in [4.69, 9.17) is 4.74 Å². The lowest BCUT2D eigenvalue weighted by Crippen LogP contribution is -2.36. The first-order chi connectivity index (χ1) is 11.4. The number of carbonyl (C=O) groups is 1. The van der Waals surface area contributed by atoms with Crippen LogP contribution in [0.25, 0.3) is 0 Å². The molecule has 1 aliphatic rings. The Morgan fingerprint density at radius 3 is 2.50 bits per heavy atom. The molecular weight excluding hydrogens is 333 g/mol. The van der Waals surface area contributed by atoms with E-state index in [0.717, 1.165) is 23.3 Å².